The van der Waals surface area contributed by atoms with Gasteiger partial charge in [-0.05, 0) is 79.6 Å². The lowest BCUT2D eigenvalue weighted by atomic mass is 10.0. The number of carbonyl (C=O) groups is 5. The second-order valence-electron chi connectivity index (χ2n) is 17.5. The fraction of sp³-hybridized carbons (Fsp3) is 0.408. The summed E-state index contributed by atoms with van der Waals surface area (Å²) in [5.74, 6) is -3.09. The Balaban J connectivity index is 0.816. The maximum Gasteiger partial charge on any atom is 0.501 e. The van der Waals surface area contributed by atoms with E-state index in [1.165, 1.54) is 42.1 Å². The van der Waals surface area contributed by atoms with E-state index in [1.807, 2.05) is 30.3 Å². The molecule has 0 saturated carbocycles. The first-order valence-electron chi connectivity index (χ1n) is 23.9. The third-order valence-corrected chi connectivity index (χ3v) is 16.4. The summed E-state index contributed by atoms with van der Waals surface area (Å²) in [4.78, 5) is 67.2. The van der Waals surface area contributed by atoms with Crippen LogP contribution in [0.1, 0.15) is 50.3 Å². The topological polar surface area (TPSA) is 265 Å². The van der Waals surface area contributed by atoms with Crippen LogP contribution < -0.4 is 26.4 Å². The van der Waals surface area contributed by atoms with Crippen LogP contribution in [0.5, 0.6) is 0 Å². The number of piperidine rings is 1. The van der Waals surface area contributed by atoms with E-state index < -0.39 is 82.5 Å². The molecule has 75 heavy (non-hydrogen) atoms. The monoisotopic (exact) mass is 1100 g/mol. The SMILES string of the molecule is Nc1ccc(C(=O)NS(=O)(=O)c2ccc(N[C@H](CCN3CCN(CCOCCOCCOCCNc4cccc5c4C(=O)N(C4CCC(=O)NC4=O)C5=O)CC3)CSc3ccccc3)c(S(=O)(=O)C(F)(F)F)c2)cc1. The number of benzene rings is 4. The number of nitrogens with zero attached hydrogens (tertiary/aromatic N) is 3. The van der Waals surface area contributed by atoms with Gasteiger partial charge >= 0.3 is 5.51 Å². The van der Waals surface area contributed by atoms with Crippen molar-refractivity contribution in [2.24, 2.45) is 0 Å². The Bertz CT molecular complexity index is 2910. The van der Waals surface area contributed by atoms with E-state index in [1.54, 1.807) is 16.9 Å². The number of amides is 5. The van der Waals surface area contributed by atoms with Gasteiger partial charge in [-0.25, -0.2) is 21.6 Å². The summed E-state index contributed by atoms with van der Waals surface area (Å²) in [6.45, 7) is 6.43. The number of anilines is 3. The van der Waals surface area contributed by atoms with Gasteiger partial charge in [-0.2, -0.15) is 13.2 Å². The predicted molar refractivity (Wildman–Crippen MR) is 271 cm³/mol. The third kappa shape index (κ3) is 14.8. The standard InChI is InChI=1S/C49H57F3N8O12S3/c50-49(51,52)74(66,67)42-31-37(75(68,69)57-45(62)33-9-11-34(53)12-10-33)13-14-39(42)55-35(32-73-36-5-2-1-3-6-36)17-19-58-20-22-59(23-21-58)24-26-71-28-30-72-29-27-70-25-18-54-40-8-4-7-38-44(40)48(65)60(47(38)64)41-15-16-43(61)56-46(41)63/h1-14,31,35,41,54-55H,15-30,32,53H2,(H,57,62)(H,56,61,63)/t35-,41?/m1/s1. The maximum absolute atomic E-state index is 14.2. The van der Waals surface area contributed by atoms with Crippen LogP contribution in [0.3, 0.4) is 0 Å². The van der Waals surface area contributed by atoms with Gasteiger partial charge in [0.2, 0.25) is 11.8 Å². The number of imide groups is 2. The molecular formula is C49H57F3N8O12S3. The number of nitrogens with one attached hydrogen (secondary N) is 4. The van der Waals surface area contributed by atoms with E-state index in [4.69, 9.17) is 19.9 Å². The Hall–Kier alpha value is -6.13. The van der Waals surface area contributed by atoms with Gasteiger partial charge in [0.05, 0.1) is 61.4 Å². The first kappa shape index (κ1) is 56.6. The Labute approximate surface area is 436 Å². The van der Waals surface area contributed by atoms with Crippen molar-refractivity contribution in [3.05, 3.63) is 108 Å². The summed E-state index contributed by atoms with van der Waals surface area (Å²) < 4.78 is 114. The van der Waals surface area contributed by atoms with Crippen LogP contribution in [0.4, 0.5) is 30.2 Å². The quantitative estimate of drug-likeness (QED) is 0.0259. The largest absolute Gasteiger partial charge is 0.501 e. The van der Waals surface area contributed by atoms with E-state index in [0.29, 0.717) is 95.4 Å². The molecule has 0 aromatic heterocycles. The molecule has 0 aliphatic carbocycles. The van der Waals surface area contributed by atoms with Gasteiger partial charge in [-0.1, -0.05) is 24.3 Å². The van der Waals surface area contributed by atoms with Gasteiger partial charge in [-0.15, -0.1) is 11.8 Å². The lowest BCUT2D eigenvalue weighted by Gasteiger charge is -2.35. The minimum atomic E-state index is -6.09. The molecule has 0 radical (unpaired) electrons. The average molecular weight is 1100 g/mol. The molecule has 26 heteroatoms. The fourth-order valence-electron chi connectivity index (χ4n) is 8.37. The number of halogens is 3. The Kier molecular flexibility index (Phi) is 19.3. The lowest BCUT2D eigenvalue weighted by Crippen LogP contribution is -2.54. The first-order chi connectivity index (χ1) is 35.8. The molecular weight excluding hydrogens is 1050 g/mol. The van der Waals surface area contributed by atoms with E-state index >= 15 is 0 Å². The van der Waals surface area contributed by atoms with Crippen LogP contribution >= 0.6 is 11.8 Å². The molecule has 2 atom stereocenters. The number of rotatable bonds is 26. The molecule has 0 bridgehead atoms. The first-order valence-corrected chi connectivity index (χ1v) is 27.9. The number of nitrogens with two attached hydrogens (primary N) is 1. The molecule has 6 N–H and O–H groups in total. The van der Waals surface area contributed by atoms with Gasteiger partial charge < -0.3 is 35.5 Å². The third-order valence-electron chi connectivity index (χ3n) is 12.4. The van der Waals surface area contributed by atoms with Crippen LogP contribution in [0.15, 0.2) is 106 Å². The molecule has 0 spiro atoms. The van der Waals surface area contributed by atoms with Gasteiger partial charge in [0.25, 0.3) is 37.6 Å². The molecule has 4 aromatic carbocycles. The lowest BCUT2D eigenvalue weighted by molar-refractivity contribution is -0.136. The van der Waals surface area contributed by atoms with Crippen molar-refractivity contribution in [2.75, 3.05) is 108 Å². The van der Waals surface area contributed by atoms with Crippen LogP contribution in [0.2, 0.25) is 0 Å². The van der Waals surface area contributed by atoms with Crippen LogP contribution in [0.25, 0.3) is 0 Å². The second kappa shape index (κ2) is 25.6. The number of sulfone groups is 1. The number of fused-ring (bicyclic) bond motifs is 1. The maximum atomic E-state index is 14.2. The molecule has 5 amide bonds. The molecule has 3 aliphatic heterocycles. The van der Waals surface area contributed by atoms with Crippen molar-refractivity contribution in [1.82, 2.24) is 24.7 Å². The normalized spacial score (nSPS) is 17.2. The summed E-state index contributed by atoms with van der Waals surface area (Å²) in [6, 6.07) is 20.0. The highest BCUT2D eigenvalue weighted by molar-refractivity contribution is 7.99. The minimum Gasteiger partial charge on any atom is -0.399 e. The second-order valence-corrected chi connectivity index (χ2v) is 22.2. The number of alkyl halides is 3. The Morgan fingerprint density at radius 3 is 2.09 bits per heavy atom. The molecule has 20 nitrogen and oxygen atoms in total. The zero-order valence-corrected chi connectivity index (χ0v) is 43.0. The zero-order chi connectivity index (χ0) is 53.8. The van der Waals surface area contributed by atoms with Crippen molar-refractivity contribution >= 4 is 78.2 Å². The summed E-state index contributed by atoms with van der Waals surface area (Å²) in [6.07, 6.45) is 0.487. The highest BCUT2D eigenvalue weighted by Crippen LogP contribution is 2.37. The van der Waals surface area contributed by atoms with Crippen LogP contribution in [0, 0.1) is 0 Å². The summed E-state index contributed by atoms with van der Waals surface area (Å²) in [5, 5.41) is 8.29. The average Bonchev–Trinajstić information content (AvgIpc) is 3.63. The number of piperazine rings is 1. The molecule has 1 unspecified atom stereocenters. The molecule has 7 rings (SSSR count). The minimum absolute atomic E-state index is 0.0294. The summed E-state index contributed by atoms with van der Waals surface area (Å²) in [5.41, 5.74) is 0.387. The number of ether oxygens (including phenoxy) is 3. The van der Waals surface area contributed by atoms with Gasteiger partial charge in [0.15, 0.2) is 0 Å². The highest BCUT2D eigenvalue weighted by Gasteiger charge is 2.49. The number of nitrogen functional groups attached to an aromatic ring is 1. The molecule has 3 aliphatic rings. The Morgan fingerprint density at radius 1 is 0.773 bits per heavy atom. The van der Waals surface area contributed by atoms with Gasteiger partial charge in [0.1, 0.15) is 10.9 Å². The van der Waals surface area contributed by atoms with Crippen molar-refractivity contribution in [2.45, 2.75) is 51.5 Å². The van der Waals surface area contributed by atoms with Crippen molar-refractivity contribution in [1.29, 1.82) is 0 Å². The molecule has 4 aromatic rings. The fourth-order valence-corrected chi connectivity index (χ4v) is 11.4. The highest BCUT2D eigenvalue weighted by atomic mass is 32.2. The molecule has 404 valence electrons. The zero-order valence-electron chi connectivity index (χ0n) is 40.5. The molecule has 2 saturated heterocycles. The number of thioether (sulfide) groups is 1. The Morgan fingerprint density at radius 2 is 1.43 bits per heavy atom. The van der Waals surface area contributed by atoms with Crippen LogP contribution in [-0.4, -0.2) is 170 Å². The molecule has 3 heterocycles. The smallest absolute Gasteiger partial charge is 0.399 e. The number of sulfonamides is 1. The summed E-state index contributed by atoms with van der Waals surface area (Å²) >= 11 is 1.42. The van der Waals surface area contributed by atoms with Crippen molar-refractivity contribution in [3.8, 4) is 0 Å². The van der Waals surface area contributed by atoms with E-state index in [-0.39, 0.29) is 36.1 Å². The number of carbonyl (C=O) groups excluding carboxylic acids is 5. The number of hydrogen-bond donors (Lipinski definition) is 5. The van der Waals surface area contributed by atoms with Crippen molar-refractivity contribution < 1.29 is 68.2 Å². The van der Waals surface area contributed by atoms with Crippen molar-refractivity contribution in [3.63, 3.8) is 0 Å². The molecule has 2 fully saturated rings. The van der Waals surface area contributed by atoms with E-state index in [2.05, 4.69) is 25.8 Å². The van der Waals surface area contributed by atoms with E-state index in [9.17, 15) is 54.0 Å². The van der Waals surface area contributed by atoms with E-state index in [0.717, 1.165) is 35.0 Å². The number of hydrogen-bond acceptors (Lipinski definition) is 18. The van der Waals surface area contributed by atoms with Crippen LogP contribution in [-0.2, 0) is 43.7 Å². The van der Waals surface area contributed by atoms with Gasteiger partial charge in [0, 0.05) is 85.9 Å². The summed E-state index contributed by atoms with van der Waals surface area (Å²) in [7, 11) is -10.9. The predicted octanol–water partition coefficient (Wildman–Crippen LogP) is 3.82. The van der Waals surface area contributed by atoms with Gasteiger partial charge in [-0.3, -0.25) is 39.1 Å².